The lowest BCUT2D eigenvalue weighted by Gasteiger charge is -2.38. The Kier molecular flexibility index (Phi) is 3.98. The number of ether oxygens (including phenoxy) is 2. The summed E-state index contributed by atoms with van der Waals surface area (Å²) in [6, 6.07) is 0. The van der Waals surface area contributed by atoms with E-state index in [-0.39, 0.29) is 5.54 Å². The van der Waals surface area contributed by atoms with E-state index in [0.29, 0.717) is 13.2 Å². The van der Waals surface area contributed by atoms with E-state index in [1.807, 2.05) is 0 Å². The molecule has 3 heteroatoms. The summed E-state index contributed by atoms with van der Waals surface area (Å²) in [7, 11) is 1.68. The molecule has 0 aromatic heterocycles. The Balaban J connectivity index is 1.88. The van der Waals surface area contributed by atoms with Crippen LogP contribution in [0.1, 0.15) is 25.7 Å². The van der Waals surface area contributed by atoms with Crippen LogP contribution >= 0.6 is 0 Å². The summed E-state index contributed by atoms with van der Waals surface area (Å²) in [6.07, 6.45) is 4.62. The number of rotatable bonds is 6. The lowest BCUT2D eigenvalue weighted by Crippen LogP contribution is -2.47. The molecule has 2 N–H and O–H groups in total. The Morgan fingerprint density at radius 2 is 2.00 bits per heavy atom. The van der Waals surface area contributed by atoms with Crippen molar-refractivity contribution < 1.29 is 9.47 Å². The zero-order chi connectivity index (χ0) is 8.86. The van der Waals surface area contributed by atoms with E-state index in [4.69, 9.17) is 15.2 Å². The summed E-state index contributed by atoms with van der Waals surface area (Å²) in [5.74, 6) is 0. The molecule has 1 saturated carbocycles. The third-order valence-electron chi connectivity index (χ3n) is 2.53. The highest BCUT2D eigenvalue weighted by Gasteiger charge is 2.31. The van der Waals surface area contributed by atoms with Gasteiger partial charge in [-0.05, 0) is 25.7 Å². The molecule has 72 valence electrons. The van der Waals surface area contributed by atoms with Crippen LogP contribution in [0, 0.1) is 0 Å². The zero-order valence-corrected chi connectivity index (χ0v) is 7.84. The smallest absolute Gasteiger partial charge is 0.0700 e. The fraction of sp³-hybridized carbons (Fsp3) is 1.00. The zero-order valence-electron chi connectivity index (χ0n) is 7.84. The Morgan fingerprint density at radius 3 is 2.50 bits per heavy atom. The molecule has 0 heterocycles. The molecule has 12 heavy (non-hydrogen) atoms. The third kappa shape index (κ3) is 3.09. The molecule has 0 radical (unpaired) electrons. The van der Waals surface area contributed by atoms with E-state index in [9.17, 15) is 0 Å². The highest BCUT2D eigenvalue weighted by molar-refractivity contribution is 4.91. The number of hydrogen-bond acceptors (Lipinski definition) is 3. The maximum absolute atomic E-state index is 6.01. The first kappa shape index (κ1) is 9.96. The average molecular weight is 173 g/mol. The van der Waals surface area contributed by atoms with Crippen molar-refractivity contribution in [1.29, 1.82) is 0 Å². The molecular weight excluding hydrogens is 154 g/mol. The van der Waals surface area contributed by atoms with Crippen LogP contribution in [0.3, 0.4) is 0 Å². The molecule has 0 saturated heterocycles. The fourth-order valence-electron chi connectivity index (χ4n) is 1.40. The van der Waals surface area contributed by atoms with Gasteiger partial charge >= 0.3 is 0 Å². The van der Waals surface area contributed by atoms with Gasteiger partial charge < -0.3 is 15.2 Å². The fourth-order valence-corrected chi connectivity index (χ4v) is 1.40. The van der Waals surface area contributed by atoms with Gasteiger partial charge in [-0.1, -0.05) is 0 Å². The summed E-state index contributed by atoms with van der Waals surface area (Å²) in [6.45, 7) is 2.14. The normalized spacial score (nSPS) is 20.5. The van der Waals surface area contributed by atoms with Crippen LogP contribution in [-0.2, 0) is 9.47 Å². The summed E-state index contributed by atoms with van der Waals surface area (Å²) < 4.78 is 10.2. The molecule has 0 aliphatic heterocycles. The summed E-state index contributed by atoms with van der Waals surface area (Å²) in [4.78, 5) is 0. The highest BCUT2D eigenvalue weighted by atomic mass is 16.5. The van der Waals surface area contributed by atoms with Crippen LogP contribution in [0.4, 0.5) is 0 Å². The first-order valence-electron chi connectivity index (χ1n) is 4.62. The molecule has 0 atom stereocenters. The Morgan fingerprint density at radius 1 is 1.25 bits per heavy atom. The topological polar surface area (TPSA) is 44.5 Å². The lowest BCUT2D eigenvalue weighted by atomic mass is 9.76. The molecule has 1 aliphatic carbocycles. The van der Waals surface area contributed by atoms with Crippen molar-refractivity contribution in [3.8, 4) is 0 Å². The van der Waals surface area contributed by atoms with E-state index in [1.54, 1.807) is 7.11 Å². The summed E-state index contributed by atoms with van der Waals surface area (Å²) in [5, 5.41) is 0. The van der Waals surface area contributed by atoms with Gasteiger partial charge in [-0.15, -0.1) is 0 Å². The van der Waals surface area contributed by atoms with Crippen LogP contribution in [0.2, 0.25) is 0 Å². The van der Waals surface area contributed by atoms with Gasteiger partial charge in [0.2, 0.25) is 0 Å². The van der Waals surface area contributed by atoms with Gasteiger partial charge in [-0.2, -0.15) is 0 Å². The van der Waals surface area contributed by atoms with Crippen molar-refractivity contribution in [3.63, 3.8) is 0 Å². The molecule has 0 unspecified atom stereocenters. The Bertz CT molecular complexity index is 124. The monoisotopic (exact) mass is 173 g/mol. The van der Waals surface area contributed by atoms with Gasteiger partial charge in [-0.3, -0.25) is 0 Å². The van der Waals surface area contributed by atoms with Crippen molar-refractivity contribution in [3.05, 3.63) is 0 Å². The van der Waals surface area contributed by atoms with Gasteiger partial charge in [0.25, 0.3) is 0 Å². The number of nitrogens with two attached hydrogens (primary N) is 1. The van der Waals surface area contributed by atoms with Crippen LogP contribution in [0.15, 0.2) is 0 Å². The Labute approximate surface area is 74.2 Å². The minimum Gasteiger partial charge on any atom is -0.382 e. The molecule has 1 aliphatic rings. The summed E-state index contributed by atoms with van der Waals surface area (Å²) in [5.41, 5.74) is 6.11. The number of hydrogen-bond donors (Lipinski definition) is 1. The molecule has 1 fully saturated rings. The van der Waals surface area contributed by atoms with Crippen molar-refractivity contribution >= 4 is 0 Å². The van der Waals surface area contributed by atoms with Crippen molar-refractivity contribution in [2.75, 3.05) is 26.9 Å². The van der Waals surface area contributed by atoms with Gasteiger partial charge in [-0.25, -0.2) is 0 Å². The second-order valence-corrected chi connectivity index (χ2v) is 3.57. The second-order valence-electron chi connectivity index (χ2n) is 3.57. The van der Waals surface area contributed by atoms with Crippen LogP contribution < -0.4 is 5.73 Å². The maximum atomic E-state index is 6.01. The largest absolute Gasteiger partial charge is 0.382 e. The molecule has 1 rings (SSSR count). The lowest BCUT2D eigenvalue weighted by molar-refractivity contribution is 0.0525. The first-order valence-corrected chi connectivity index (χ1v) is 4.62. The van der Waals surface area contributed by atoms with E-state index >= 15 is 0 Å². The molecule has 0 bridgehead atoms. The second kappa shape index (κ2) is 4.80. The van der Waals surface area contributed by atoms with E-state index in [2.05, 4.69) is 0 Å². The molecule has 3 nitrogen and oxygen atoms in total. The molecule has 0 amide bonds. The molecule has 0 aromatic carbocycles. The van der Waals surface area contributed by atoms with Crippen LogP contribution in [-0.4, -0.2) is 32.5 Å². The predicted octanol–water partition coefficient (Wildman–Crippen LogP) is 0.921. The third-order valence-corrected chi connectivity index (χ3v) is 2.53. The van der Waals surface area contributed by atoms with Gasteiger partial charge in [0.05, 0.1) is 13.2 Å². The Hall–Kier alpha value is -0.120. The van der Waals surface area contributed by atoms with E-state index in [0.717, 1.165) is 13.0 Å². The van der Waals surface area contributed by atoms with Crippen LogP contribution in [0.25, 0.3) is 0 Å². The standard InChI is InChI=1S/C9H19NO2/c1-11-7-8-12-6-5-9(10)3-2-4-9/h2-8,10H2,1H3. The highest BCUT2D eigenvalue weighted by Crippen LogP contribution is 2.31. The van der Waals surface area contributed by atoms with Crippen molar-refractivity contribution in [2.24, 2.45) is 5.73 Å². The minimum atomic E-state index is 0.104. The SMILES string of the molecule is COCCOCCC1(N)CCC1. The van der Waals surface area contributed by atoms with E-state index in [1.165, 1.54) is 19.3 Å². The molecule has 0 spiro atoms. The van der Waals surface area contributed by atoms with Crippen molar-refractivity contribution in [2.45, 2.75) is 31.2 Å². The van der Waals surface area contributed by atoms with Crippen molar-refractivity contribution in [1.82, 2.24) is 0 Å². The van der Waals surface area contributed by atoms with E-state index < -0.39 is 0 Å². The average Bonchev–Trinajstić information content (AvgIpc) is 2.01. The molecular formula is C9H19NO2. The predicted molar refractivity (Wildman–Crippen MR) is 48.1 cm³/mol. The molecule has 0 aromatic rings. The first-order chi connectivity index (χ1) is 5.77. The minimum absolute atomic E-state index is 0.104. The van der Waals surface area contributed by atoms with Gasteiger partial charge in [0.1, 0.15) is 0 Å². The van der Waals surface area contributed by atoms with Crippen LogP contribution in [0.5, 0.6) is 0 Å². The summed E-state index contributed by atoms with van der Waals surface area (Å²) >= 11 is 0. The quantitative estimate of drug-likeness (QED) is 0.607. The van der Waals surface area contributed by atoms with Gasteiger partial charge in [0.15, 0.2) is 0 Å². The van der Waals surface area contributed by atoms with Gasteiger partial charge in [0, 0.05) is 19.3 Å². The number of methoxy groups -OCH3 is 1. The maximum Gasteiger partial charge on any atom is 0.0700 e.